The first-order valence-corrected chi connectivity index (χ1v) is 11.6. The van der Waals surface area contributed by atoms with Crippen molar-refractivity contribution >= 4 is 45.5 Å². The lowest BCUT2D eigenvalue weighted by molar-refractivity contribution is -0.142. The number of carbonyl (C=O) groups is 2. The van der Waals surface area contributed by atoms with E-state index in [1.807, 2.05) is 36.4 Å². The number of halogens is 1. The number of esters is 1. The number of nitrogens with zero attached hydrogens (tertiary/aromatic N) is 1. The summed E-state index contributed by atoms with van der Waals surface area (Å²) < 4.78 is 5.03. The number of benzene rings is 2. The molecule has 0 saturated carbocycles. The molecule has 0 radical (unpaired) electrons. The summed E-state index contributed by atoms with van der Waals surface area (Å²) in [5, 5.41) is 4.44. The van der Waals surface area contributed by atoms with Gasteiger partial charge in [-0.1, -0.05) is 54.1 Å². The summed E-state index contributed by atoms with van der Waals surface area (Å²) >= 11 is 8.03. The molecule has 3 aromatic rings. The number of anilines is 1. The lowest BCUT2D eigenvalue weighted by atomic mass is 10.0. The van der Waals surface area contributed by atoms with E-state index in [0.29, 0.717) is 5.02 Å². The number of amides is 1. The van der Waals surface area contributed by atoms with Gasteiger partial charge in [-0.05, 0) is 43.0 Å². The summed E-state index contributed by atoms with van der Waals surface area (Å²) in [5.41, 5.74) is 4.63. The second kappa shape index (κ2) is 9.67. The number of nitrogens with one attached hydrogen (secondary N) is 1. The summed E-state index contributed by atoms with van der Waals surface area (Å²) in [7, 11) is 0. The molecule has 1 unspecified atom stereocenters. The number of aliphatic imine (C=N–C) groups is 1. The van der Waals surface area contributed by atoms with E-state index in [1.54, 1.807) is 18.3 Å². The van der Waals surface area contributed by atoms with Crippen molar-refractivity contribution in [2.45, 2.75) is 39.3 Å². The molecule has 2 heterocycles. The molecule has 5 nitrogen and oxygen atoms in total. The average Bonchev–Trinajstić information content (AvgIpc) is 3.13. The maximum absolute atomic E-state index is 12.5. The highest BCUT2D eigenvalue weighted by molar-refractivity contribution is 7.16. The maximum Gasteiger partial charge on any atom is 0.302 e. The number of ether oxygens (including phenoxy) is 1. The highest BCUT2D eigenvalue weighted by atomic mass is 35.5. The van der Waals surface area contributed by atoms with Crippen LogP contribution in [-0.4, -0.2) is 23.6 Å². The Balaban J connectivity index is 1.54. The van der Waals surface area contributed by atoms with E-state index in [4.69, 9.17) is 21.3 Å². The molecule has 1 aliphatic rings. The summed E-state index contributed by atoms with van der Waals surface area (Å²) in [5.74, 6) is -0.405. The number of carbonyl (C=O) groups excluding carboxylic acids is 2. The van der Waals surface area contributed by atoms with Crippen molar-refractivity contribution in [3.05, 3.63) is 86.8 Å². The molecule has 1 aromatic heterocycles. The van der Waals surface area contributed by atoms with E-state index >= 15 is 0 Å². The van der Waals surface area contributed by atoms with Crippen LogP contribution in [0.25, 0.3) is 0 Å². The van der Waals surface area contributed by atoms with Crippen LogP contribution in [0.1, 0.15) is 41.0 Å². The molecule has 1 atom stereocenters. The number of thiophene rings is 1. The SMILES string of the molecule is CC(=O)OCc1ccc(CCc2cc3c(s2)NC(=O)C(C)N=C3c2ccccc2Cl)cc1. The van der Waals surface area contributed by atoms with E-state index in [2.05, 4.69) is 23.5 Å². The summed E-state index contributed by atoms with van der Waals surface area (Å²) in [6.07, 6.45) is 1.69. The topological polar surface area (TPSA) is 67.8 Å². The molecule has 4 rings (SSSR count). The van der Waals surface area contributed by atoms with Crippen LogP contribution in [0.5, 0.6) is 0 Å². The number of rotatable bonds is 6. The Labute approximate surface area is 196 Å². The Morgan fingerprint density at radius 3 is 2.53 bits per heavy atom. The smallest absolute Gasteiger partial charge is 0.302 e. The van der Waals surface area contributed by atoms with Gasteiger partial charge < -0.3 is 10.1 Å². The fourth-order valence-corrected chi connectivity index (χ4v) is 4.78. The van der Waals surface area contributed by atoms with Crippen LogP contribution in [0.2, 0.25) is 5.02 Å². The van der Waals surface area contributed by atoms with Crippen molar-refractivity contribution in [3.63, 3.8) is 0 Å². The van der Waals surface area contributed by atoms with Crippen molar-refractivity contribution in [2.24, 2.45) is 4.99 Å². The second-order valence-electron chi connectivity index (χ2n) is 7.68. The van der Waals surface area contributed by atoms with Crippen LogP contribution in [0.15, 0.2) is 59.6 Å². The zero-order valence-electron chi connectivity index (χ0n) is 17.9. The number of aryl methyl sites for hydroxylation is 2. The predicted octanol–water partition coefficient (Wildman–Crippen LogP) is 5.43. The van der Waals surface area contributed by atoms with Gasteiger partial charge in [0, 0.05) is 28.0 Å². The molecular formula is C25H23ClN2O3S. The van der Waals surface area contributed by atoms with Gasteiger partial charge in [0.05, 0.1) is 5.71 Å². The van der Waals surface area contributed by atoms with Crippen LogP contribution >= 0.6 is 22.9 Å². The van der Waals surface area contributed by atoms with Gasteiger partial charge in [-0.25, -0.2) is 0 Å². The number of hydrogen-bond donors (Lipinski definition) is 1. The van der Waals surface area contributed by atoms with E-state index in [9.17, 15) is 9.59 Å². The van der Waals surface area contributed by atoms with Gasteiger partial charge in [0.1, 0.15) is 17.6 Å². The van der Waals surface area contributed by atoms with Gasteiger partial charge in [-0.3, -0.25) is 14.6 Å². The van der Waals surface area contributed by atoms with Gasteiger partial charge in [-0.15, -0.1) is 11.3 Å². The molecule has 7 heteroatoms. The van der Waals surface area contributed by atoms with Gasteiger partial charge in [-0.2, -0.15) is 0 Å². The first kappa shape index (κ1) is 22.2. The predicted molar refractivity (Wildman–Crippen MR) is 129 cm³/mol. The van der Waals surface area contributed by atoms with Crippen molar-refractivity contribution in [1.29, 1.82) is 0 Å². The van der Waals surface area contributed by atoms with Crippen molar-refractivity contribution < 1.29 is 14.3 Å². The number of fused-ring (bicyclic) bond motifs is 1. The van der Waals surface area contributed by atoms with Crippen LogP contribution in [0.3, 0.4) is 0 Å². The third kappa shape index (κ3) is 5.09. The van der Waals surface area contributed by atoms with Crippen LogP contribution in [0, 0.1) is 0 Å². The summed E-state index contributed by atoms with van der Waals surface area (Å²) in [6, 6.07) is 17.3. The lowest BCUT2D eigenvalue weighted by Gasteiger charge is -2.08. The van der Waals surface area contributed by atoms with Gasteiger partial charge in [0.25, 0.3) is 0 Å². The Kier molecular flexibility index (Phi) is 6.72. The normalized spacial score (nSPS) is 15.4. The molecule has 1 aliphatic heterocycles. The average molecular weight is 467 g/mol. The third-order valence-corrected chi connectivity index (χ3v) is 6.67. The van der Waals surface area contributed by atoms with Gasteiger partial charge >= 0.3 is 5.97 Å². The Morgan fingerprint density at radius 1 is 1.09 bits per heavy atom. The van der Waals surface area contributed by atoms with Gasteiger partial charge in [0.15, 0.2) is 0 Å². The molecule has 0 spiro atoms. The van der Waals surface area contributed by atoms with E-state index in [0.717, 1.165) is 45.1 Å². The highest BCUT2D eigenvalue weighted by Gasteiger charge is 2.26. The molecule has 2 aromatic carbocycles. The quantitative estimate of drug-likeness (QED) is 0.492. The standard InChI is InChI=1S/C25H23ClN2O3S/c1-15-24(30)28-25-21(23(27-15)20-5-3-4-6-22(20)26)13-19(32-25)12-11-17-7-9-18(10-8-17)14-31-16(2)29/h3-10,13,15H,11-12,14H2,1-2H3,(H,28,30). The zero-order chi connectivity index (χ0) is 22.7. The van der Waals surface area contributed by atoms with Crippen LogP contribution < -0.4 is 5.32 Å². The van der Waals surface area contributed by atoms with E-state index in [1.165, 1.54) is 12.5 Å². The van der Waals surface area contributed by atoms with Crippen molar-refractivity contribution in [2.75, 3.05) is 5.32 Å². The van der Waals surface area contributed by atoms with Crippen LogP contribution in [-0.2, 0) is 33.8 Å². The lowest BCUT2D eigenvalue weighted by Crippen LogP contribution is -2.22. The molecule has 0 fully saturated rings. The molecule has 32 heavy (non-hydrogen) atoms. The Bertz CT molecular complexity index is 1180. The molecule has 0 aliphatic carbocycles. The van der Waals surface area contributed by atoms with E-state index < -0.39 is 6.04 Å². The summed E-state index contributed by atoms with van der Waals surface area (Å²) in [4.78, 5) is 29.3. The molecule has 1 N–H and O–H groups in total. The van der Waals surface area contributed by atoms with Gasteiger partial charge in [0.2, 0.25) is 5.91 Å². The zero-order valence-corrected chi connectivity index (χ0v) is 19.4. The van der Waals surface area contributed by atoms with Crippen molar-refractivity contribution in [1.82, 2.24) is 0 Å². The summed E-state index contributed by atoms with van der Waals surface area (Å²) in [6.45, 7) is 3.48. The third-order valence-electron chi connectivity index (χ3n) is 5.23. The monoisotopic (exact) mass is 466 g/mol. The maximum atomic E-state index is 12.5. The first-order valence-electron chi connectivity index (χ1n) is 10.4. The number of hydrogen-bond acceptors (Lipinski definition) is 5. The minimum Gasteiger partial charge on any atom is -0.461 e. The largest absolute Gasteiger partial charge is 0.461 e. The van der Waals surface area contributed by atoms with Crippen LogP contribution in [0.4, 0.5) is 5.00 Å². The Morgan fingerprint density at radius 2 is 1.81 bits per heavy atom. The molecule has 164 valence electrons. The minimum absolute atomic E-state index is 0.120. The fraction of sp³-hybridized carbons (Fsp3) is 0.240. The molecular weight excluding hydrogens is 444 g/mol. The minimum atomic E-state index is -0.491. The van der Waals surface area contributed by atoms with Crippen molar-refractivity contribution in [3.8, 4) is 0 Å². The second-order valence-corrected chi connectivity index (χ2v) is 9.22. The van der Waals surface area contributed by atoms with E-state index in [-0.39, 0.29) is 18.5 Å². The molecule has 0 saturated heterocycles. The first-order chi connectivity index (χ1) is 15.4. The fourth-order valence-electron chi connectivity index (χ4n) is 3.49. The molecule has 0 bridgehead atoms. The molecule has 1 amide bonds. The Hall–Kier alpha value is -2.96. The highest BCUT2D eigenvalue weighted by Crippen LogP contribution is 2.35.